The fraction of sp³-hybridized carbons (Fsp3) is 0.682. The van der Waals surface area contributed by atoms with E-state index in [2.05, 4.69) is 51.8 Å². The van der Waals surface area contributed by atoms with Gasteiger partial charge in [-0.25, -0.2) is 0 Å². The number of rotatable bonds is 7. The Hall–Kier alpha value is -0.860. The summed E-state index contributed by atoms with van der Waals surface area (Å²) in [5, 5.41) is 6.86. The van der Waals surface area contributed by atoms with Gasteiger partial charge in [-0.05, 0) is 43.9 Å². The molecular weight excluding hydrogens is 463 g/mol. The zero-order valence-corrected chi connectivity index (χ0v) is 19.8. The Morgan fingerprint density at radius 1 is 1.07 bits per heavy atom. The lowest BCUT2D eigenvalue weighted by atomic mass is 9.94. The lowest BCUT2D eigenvalue weighted by molar-refractivity contribution is 0.114. The lowest BCUT2D eigenvalue weighted by Crippen LogP contribution is -2.41. The van der Waals surface area contributed by atoms with Gasteiger partial charge >= 0.3 is 0 Å². The van der Waals surface area contributed by atoms with Gasteiger partial charge in [0, 0.05) is 39.3 Å². The van der Waals surface area contributed by atoms with Crippen LogP contribution in [0.15, 0.2) is 29.3 Å². The molecule has 28 heavy (non-hydrogen) atoms. The third kappa shape index (κ3) is 7.19. The van der Waals surface area contributed by atoms with E-state index in [0.29, 0.717) is 6.10 Å². The van der Waals surface area contributed by atoms with Crippen LogP contribution in [0.5, 0.6) is 0 Å². The van der Waals surface area contributed by atoms with Crippen LogP contribution >= 0.6 is 24.0 Å². The first-order valence-corrected chi connectivity index (χ1v) is 10.6. The molecule has 0 spiro atoms. The molecule has 0 radical (unpaired) electrons. The second-order valence-electron chi connectivity index (χ2n) is 7.92. The number of nitrogens with one attached hydrogen (secondary N) is 2. The molecule has 0 amide bonds. The van der Waals surface area contributed by atoms with E-state index >= 15 is 0 Å². The van der Waals surface area contributed by atoms with Crippen LogP contribution in [0.25, 0.3) is 0 Å². The Morgan fingerprint density at radius 2 is 1.82 bits per heavy atom. The van der Waals surface area contributed by atoms with Gasteiger partial charge in [-0.3, -0.25) is 9.89 Å². The predicted octanol–water partition coefficient (Wildman–Crippen LogP) is 3.91. The van der Waals surface area contributed by atoms with Crippen molar-refractivity contribution in [2.24, 2.45) is 4.99 Å². The van der Waals surface area contributed by atoms with E-state index in [1.807, 2.05) is 7.05 Å². The first-order valence-electron chi connectivity index (χ1n) is 10.6. The highest BCUT2D eigenvalue weighted by Crippen LogP contribution is 2.23. The third-order valence-electron chi connectivity index (χ3n) is 5.93. The maximum atomic E-state index is 5.68. The average Bonchev–Trinajstić information content (AvgIpc) is 3.23. The van der Waals surface area contributed by atoms with Gasteiger partial charge in [0.15, 0.2) is 5.96 Å². The standard InChI is InChI=1S/C22H36N4O.HI/c1-23-22(25-16-21-13-8-14-27-21)24-15-18-9-6-7-10-19(18)17-26(2)20-11-4-3-5-12-20;/h6-7,9-10,20-21H,3-5,8,11-17H2,1-2H3,(H2,23,24,25);1H. The number of hydrogen-bond donors (Lipinski definition) is 2. The van der Waals surface area contributed by atoms with Gasteiger partial charge in [-0.15, -0.1) is 24.0 Å². The molecule has 3 rings (SSSR count). The van der Waals surface area contributed by atoms with Gasteiger partial charge in [0.2, 0.25) is 0 Å². The quantitative estimate of drug-likeness (QED) is 0.339. The zero-order chi connectivity index (χ0) is 18.9. The SMILES string of the molecule is CN=C(NCc1ccccc1CN(C)C1CCCCC1)NCC1CCCO1.I. The van der Waals surface area contributed by atoms with Crippen molar-refractivity contribution in [3.63, 3.8) is 0 Å². The van der Waals surface area contributed by atoms with Gasteiger partial charge in [0.05, 0.1) is 6.10 Å². The van der Waals surface area contributed by atoms with Gasteiger partial charge in [0.1, 0.15) is 0 Å². The van der Waals surface area contributed by atoms with Crippen molar-refractivity contribution in [1.29, 1.82) is 0 Å². The van der Waals surface area contributed by atoms with E-state index in [4.69, 9.17) is 4.74 Å². The van der Waals surface area contributed by atoms with Gasteiger partial charge in [-0.2, -0.15) is 0 Å². The van der Waals surface area contributed by atoms with Crippen molar-refractivity contribution in [3.05, 3.63) is 35.4 Å². The normalized spacial score (nSPS) is 20.8. The van der Waals surface area contributed by atoms with Gasteiger partial charge < -0.3 is 15.4 Å². The third-order valence-corrected chi connectivity index (χ3v) is 5.93. The monoisotopic (exact) mass is 500 g/mol. The number of benzene rings is 1. The number of ether oxygens (including phenoxy) is 1. The van der Waals surface area contributed by atoms with Crippen LogP contribution in [-0.2, 0) is 17.8 Å². The maximum absolute atomic E-state index is 5.68. The Labute approximate surface area is 187 Å². The molecule has 5 nitrogen and oxygen atoms in total. The van der Waals surface area contributed by atoms with E-state index in [0.717, 1.165) is 44.7 Å². The predicted molar refractivity (Wildman–Crippen MR) is 127 cm³/mol. The summed E-state index contributed by atoms with van der Waals surface area (Å²) in [7, 11) is 4.11. The molecule has 2 N–H and O–H groups in total. The Balaban J connectivity index is 0.00000280. The van der Waals surface area contributed by atoms with E-state index in [9.17, 15) is 0 Å². The molecule has 1 unspecified atom stereocenters. The molecule has 1 atom stereocenters. The maximum Gasteiger partial charge on any atom is 0.191 e. The molecule has 158 valence electrons. The average molecular weight is 500 g/mol. The molecule has 1 saturated heterocycles. The molecule has 1 heterocycles. The van der Waals surface area contributed by atoms with Crippen molar-refractivity contribution in [2.45, 2.75) is 70.2 Å². The Kier molecular flexibility index (Phi) is 10.6. The molecule has 2 aliphatic rings. The minimum atomic E-state index is 0. The highest BCUT2D eigenvalue weighted by molar-refractivity contribution is 14.0. The Morgan fingerprint density at radius 3 is 2.50 bits per heavy atom. The number of guanidine groups is 1. The smallest absolute Gasteiger partial charge is 0.191 e. The minimum absolute atomic E-state index is 0. The fourth-order valence-corrected chi connectivity index (χ4v) is 4.22. The van der Waals surface area contributed by atoms with Crippen LogP contribution in [-0.4, -0.2) is 50.3 Å². The molecule has 0 aromatic heterocycles. The van der Waals surface area contributed by atoms with E-state index < -0.39 is 0 Å². The summed E-state index contributed by atoms with van der Waals surface area (Å²) in [5.74, 6) is 0.848. The van der Waals surface area contributed by atoms with Crippen LogP contribution in [0.3, 0.4) is 0 Å². The molecule has 1 saturated carbocycles. The first-order chi connectivity index (χ1) is 13.3. The molecule has 1 aromatic rings. The summed E-state index contributed by atoms with van der Waals surface area (Å²) in [6, 6.07) is 9.51. The topological polar surface area (TPSA) is 48.9 Å². The summed E-state index contributed by atoms with van der Waals surface area (Å²) < 4.78 is 5.68. The van der Waals surface area contributed by atoms with Crippen LogP contribution < -0.4 is 10.6 Å². The molecular formula is C22H37IN4O. The summed E-state index contributed by atoms with van der Waals surface area (Å²) in [4.78, 5) is 6.90. The first kappa shape index (κ1) is 23.4. The summed E-state index contributed by atoms with van der Waals surface area (Å²) in [6.07, 6.45) is 9.48. The van der Waals surface area contributed by atoms with Crippen molar-refractivity contribution in [2.75, 3.05) is 27.2 Å². The van der Waals surface area contributed by atoms with Crippen molar-refractivity contribution in [3.8, 4) is 0 Å². The van der Waals surface area contributed by atoms with Gasteiger partial charge in [0.25, 0.3) is 0 Å². The van der Waals surface area contributed by atoms with Crippen molar-refractivity contribution in [1.82, 2.24) is 15.5 Å². The van der Waals surface area contributed by atoms with E-state index in [1.54, 1.807) is 0 Å². The van der Waals surface area contributed by atoms with Crippen LogP contribution in [0, 0.1) is 0 Å². The second kappa shape index (κ2) is 12.6. The summed E-state index contributed by atoms with van der Waals surface area (Å²) >= 11 is 0. The van der Waals surface area contributed by atoms with Gasteiger partial charge in [-0.1, -0.05) is 43.5 Å². The number of hydrogen-bond acceptors (Lipinski definition) is 3. The number of nitrogens with zero attached hydrogens (tertiary/aromatic N) is 2. The molecule has 0 bridgehead atoms. The fourth-order valence-electron chi connectivity index (χ4n) is 4.22. The summed E-state index contributed by atoms with van der Waals surface area (Å²) in [5.41, 5.74) is 2.76. The molecule has 2 fully saturated rings. The molecule has 1 aromatic carbocycles. The number of aliphatic imine (C=N–C) groups is 1. The Bertz CT molecular complexity index is 598. The largest absolute Gasteiger partial charge is 0.376 e. The zero-order valence-electron chi connectivity index (χ0n) is 17.5. The van der Waals surface area contributed by atoms with Crippen LogP contribution in [0.1, 0.15) is 56.1 Å². The number of halogens is 1. The van der Waals surface area contributed by atoms with Crippen molar-refractivity contribution >= 4 is 29.9 Å². The highest BCUT2D eigenvalue weighted by Gasteiger charge is 2.19. The minimum Gasteiger partial charge on any atom is -0.376 e. The highest BCUT2D eigenvalue weighted by atomic mass is 127. The molecule has 6 heteroatoms. The molecule has 1 aliphatic carbocycles. The molecule has 1 aliphatic heterocycles. The van der Waals surface area contributed by atoms with Crippen LogP contribution in [0.2, 0.25) is 0 Å². The van der Waals surface area contributed by atoms with E-state index in [1.165, 1.54) is 49.7 Å². The van der Waals surface area contributed by atoms with Crippen molar-refractivity contribution < 1.29 is 4.74 Å². The second-order valence-corrected chi connectivity index (χ2v) is 7.92. The lowest BCUT2D eigenvalue weighted by Gasteiger charge is -2.31. The summed E-state index contributed by atoms with van der Waals surface area (Å²) in [6.45, 7) is 3.52. The van der Waals surface area contributed by atoms with Crippen LogP contribution in [0.4, 0.5) is 0 Å². The van der Waals surface area contributed by atoms with E-state index in [-0.39, 0.29) is 24.0 Å².